The summed E-state index contributed by atoms with van der Waals surface area (Å²) in [6.07, 6.45) is -6.62. The SMILES string of the molecule is C[C@H]1[C@@H](c2ccc(F)c(F)c2S(C)(=O)=O)[C@H](C(=O)Nc2ccc([C@@H](O)CO)nc2)O[C@@]1(C)C(F)(F)F. The molecule has 8 nitrogen and oxygen atoms in total. The Labute approximate surface area is 203 Å². The Kier molecular flexibility index (Phi) is 7.48. The summed E-state index contributed by atoms with van der Waals surface area (Å²) in [6.45, 7) is 1.14. The number of aliphatic hydroxyl groups is 2. The van der Waals surface area contributed by atoms with Crippen LogP contribution in [0.15, 0.2) is 35.4 Å². The van der Waals surface area contributed by atoms with Crippen molar-refractivity contribution in [3.63, 3.8) is 0 Å². The molecule has 2 heterocycles. The molecule has 1 aliphatic rings. The number of ether oxygens (including phenoxy) is 1. The molecule has 3 rings (SSSR count). The fourth-order valence-electron chi connectivity index (χ4n) is 4.19. The number of alkyl halides is 3. The monoisotopic (exact) mass is 538 g/mol. The molecule has 1 fully saturated rings. The van der Waals surface area contributed by atoms with Crippen LogP contribution >= 0.6 is 0 Å². The molecule has 1 saturated heterocycles. The van der Waals surface area contributed by atoms with E-state index in [9.17, 15) is 40.3 Å². The van der Waals surface area contributed by atoms with Crippen LogP contribution in [0.5, 0.6) is 0 Å². The van der Waals surface area contributed by atoms with Gasteiger partial charge in [-0.3, -0.25) is 9.78 Å². The number of aliphatic hydroxyl groups excluding tert-OH is 2. The zero-order chi connectivity index (χ0) is 27.2. The van der Waals surface area contributed by atoms with E-state index in [1.54, 1.807) is 0 Å². The predicted octanol–water partition coefficient (Wildman–Crippen LogP) is 2.87. The number of amides is 1. The van der Waals surface area contributed by atoms with E-state index in [0.717, 1.165) is 19.2 Å². The van der Waals surface area contributed by atoms with Gasteiger partial charge in [0, 0.05) is 18.1 Å². The number of carbonyl (C=O) groups excluding carboxylic acids is 1. The van der Waals surface area contributed by atoms with Gasteiger partial charge in [-0.05, 0) is 30.7 Å². The molecular weight excluding hydrogens is 515 g/mol. The van der Waals surface area contributed by atoms with Gasteiger partial charge in [-0.15, -0.1) is 0 Å². The number of nitrogens with zero attached hydrogens (tertiary/aromatic N) is 1. The van der Waals surface area contributed by atoms with E-state index in [4.69, 9.17) is 9.84 Å². The van der Waals surface area contributed by atoms with Gasteiger partial charge in [0.25, 0.3) is 5.91 Å². The Balaban J connectivity index is 2.10. The van der Waals surface area contributed by atoms with Crippen LogP contribution in [0.4, 0.5) is 27.6 Å². The van der Waals surface area contributed by atoms with Gasteiger partial charge < -0.3 is 20.3 Å². The standard InChI is InChI=1S/C22H23F5N2O6S/c1-10-16(12-5-6-13(23)17(24)19(12)36(3,33)34)18(35-21(10,2)22(25,26)27)20(32)29-11-4-7-14(28-8-11)15(31)9-30/h4-8,10,15-16,18,30-31H,9H2,1-3H3,(H,29,32)/t10-,15-,16-,18+,21+/m0/s1. The molecule has 0 spiro atoms. The van der Waals surface area contributed by atoms with Gasteiger partial charge in [0.15, 0.2) is 27.1 Å². The van der Waals surface area contributed by atoms with E-state index < -0.39 is 80.3 Å². The van der Waals surface area contributed by atoms with Crippen molar-refractivity contribution in [1.29, 1.82) is 0 Å². The number of hydrogen-bond acceptors (Lipinski definition) is 7. The van der Waals surface area contributed by atoms with Crippen LogP contribution in [0.1, 0.15) is 37.1 Å². The molecule has 0 saturated carbocycles. The lowest BCUT2D eigenvalue weighted by Gasteiger charge is -2.32. The van der Waals surface area contributed by atoms with Crippen molar-refractivity contribution in [3.8, 4) is 0 Å². The number of carbonyl (C=O) groups is 1. The number of pyridine rings is 1. The van der Waals surface area contributed by atoms with Crippen LogP contribution in [0, 0.1) is 17.6 Å². The molecule has 1 aromatic heterocycles. The van der Waals surface area contributed by atoms with Gasteiger partial charge in [-0.1, -0.05) is 13.0 Å². The molecule has 1 aromatic carbocycles. The maximum absolute atomic E-state index is 14.6. The highest BCUT2D eigenvalue weighted by Crippen LogP contribution is 2.54. The van der Waals surface area contributed by atoms with Gasteiger partial charge in [0.1, 0.15) is 17.1 Å². The zero-order valence-electron chi connectivity index (χ0n) is 19.2. The number of halogens is 5. The van der Waals surface area contributed by atoms with Crippen LogP contribution in [-0.4, -0.2) is 60.3 Å². The van der Waals surface area contributed by atoms with Crippen LogP contribution in [0.3, 0.4) is 0 Å². The van der Waals surface area contributed by atoms with E-state index >= 15 is 0 Å². The Hall–Kier alpha value is -2.68. The fourth-order valence-corrected chi connectivity index (χ4v) is 5.25. The topological polar surface area (TPSA) is 126 Å². The predicted molar refractivity (Wildman–Crippen MR) is 116 cm³/mol. The van der Waals surface area contributed by atoms with Crippen LogP contribution in [0.25, 0.3) is 0 Å². The number of anilines is 1. The molecule has 3 N–H and O–H groups in total. The second kappa shape index (κ2) is 9.65. The summed E-state index contributed by atoms with van der Waals surface area (Å²) < 4.78 is 100. The average Bonchev–Trinajstić information content (AvgIpc) is 3.06. The molecule has 14 heteroatoms. The first kappa shape index (κ1) is 27.9. The zero-order valence-corrected chi connectivity index (χ0v) is 20.0. The van der Waals surface area contributed by atoms with Crippen LogP contribution in [0.2, 0.25) is 0 Å². The number of nitrogens with one attached hydrogen (secondary N) is 1. The lowest BCUT2D eigenvalue weighted by molar-refractivity contribution is -0.272. The van der Waals surface area contributed by atoms with Crippen molar-refractivity contribution < 1.29 is 50.1 Å². The quantitative estimate of drug-likeness (QED) is 0.483. The molecule has 2 aromatic rings. The third-order valence-corrected chi connectivity index (χ3v) is 7.46. The highest BCUT2D eigenvalue weighted by atomic mass is 32.2. The molecule has 1 aliphatic heterocycles. The van der Waals surface area contributed by atoms with Crippen molar-refractivity contribution in [1.82, 2.24) is 4.98 Å². The minimum absolute atomic E-state index is 0.0156. The minimum Gasteiger partial charge on any atom is -0.393 e. The van der Waals surface area contributed by atoms with Gasteiger partial charge in [-0.25, -0.2) is 17.2 Å². The molecule has 0 bridgehead atoms. The highest BCUT2D eigenvalue weighted by molar-refractivity contribution is 7.90. The molecule has 198 valence electrons. The van der Waals surface area contributed by atoms with Crippen molar-refractivity contribution in [3.05, 3.63) is 53.4 Å². The third-order valence-electron chi connectivity index (χ3n) is 6.31. The summed E-state index contributed by atoms with van der Waals surface area (Å²) in [5, 5.41) is 20.9. The summed E-state index contributed by atoms with van der Waals surface area (Å²) in [5.74, 6) is -7.66. The van der Waals surface area contributed by atoms with E-state index in [2.05, 4.69) is 10.3 Å². The van der Waals surface area contributed by atoms with Gasteiger partial charge in [0.2, 0.25) is 0 Å². The second-order valence-corrected chi connectivity index (χ2v) is 10.6. The first-order valence-electron chi connectivity index (χ1n) is 10.5. The van der Waals surface area contributed by atoms with Crippen molar-refractivity contribution >= 4 is 21.4 Å². The van der Waals surface area contributed by atoms with Crippen molar-refractivity contribution in [2.45, 2.75) is 48.6 Å². The molecule has 0 unspecified atom stereocenters. The van der Waals surface area contributed by atoms with E-state index in [1.807, 2.05) is 0 Å². The number of hydrogen-bond donors (Lipinski definition) is 3. The third kappa shape index (κ3) is 4.94. The van der Waals surface area contributed by atoms with Crippen LogP contribution < -0.4 is 5.32 Å². The normalized spacial score (nSPS) is 25.6. The largest absolute Gasteiger partial charge is 0.417 e. The molecular formula is C22H23F5N2O6S. The molecule has 0 radical (unpaired) electrons. The summed E-state index contributed by atoms with van der Waals surface area (Å²) in [7, 11) is -4.48. The van der Waals surface area contributed by atoms with Crippen molar-refractivity contribution in [2.75, 3.05) is 18.2 Å². The Bertz CT molecular complexity index is 1250. The fraction of sp³-hybridized carbons (Fsp3) is 0.455. The Morgan fingerprint density at radius 1 is 1.25 bits per heavy atom. The average molecular weight is 538 g/mol. The van der Waals surface area contributed by atoms with Gasteiger partial charge >= 0.3 is 6.18 Å². The molecule has 36 heavy (non-hydrogen) atoms. The number of aromatic nitrogens is 1. The summed E-state index contributed by atoms with van der Waals surface area (Å²) in [4.78, 5) is 15.8. The van der Waals surface area contributed by atoms with E-state index in [0.29, 0.717) is 19.2 Å². The Morgan fingerprint density at radius 3 is 2.39 bits per heavy atom. The lowest BCUT2D eigenvalue weighted by Crippen LogP contribution is -2.47. The summed E-state index contributed by atoms with van der Waals surface area (Å²) >= 11 is 0. The van der Waals surface area contributed by atoms with E-state index in [-0.39, 0.29) is 11.4 Å². The first-order chi connectivity index (χ1) is 16.5. The van der Waals surface area contributed by atoms with Crippen molar-refractivity contribution in [2.24, 2.45) is 5.92 Å². The molecule has 1 amide bonds. The number of benzene rings is 1. The summed E-state index contributed by atoms with van der Waals surface area (Å²) in [6, 6.07) is 3.91. The second-order valence-electron chi connectivity index (χ2n) is 8.67. The summed E-state index contributed by atoms with van der Waals surface area (Å²) in [5.41, 5.74) is -3.43. The maximum atomic E-state index is 14.6. The highest BCUT2D eigenvalue weighted by Gasteiger charge is 2.66. The van der Waals surface area contributed by atoms with Crippen LogP contribution in [-0.2, 0) is 19.4 Å². The van der Waals surface area contributed by atoms with Gasteiger partial charge in [0.05, 0.1) is 24.2 Å². The number of sulfone groups is 1. The van der Waals surface area contributed by atoms with Gasteiger partial charge in [-0.2, -0.15) is 13.2 Å². The smallest absolute Gasteiger partial charge is 0.393 e. The minimum atomic E-state index is -5.01. The first-order valence-corrected chi connectivity index (χ1v) is 12.4. The molecule has 5 atom stereocenters. The Morgan fingerprint density at radius 2 is 1.89 bits per heavy atom. The molecule has 0 aliphatic carbocycles. The lowest BCUT2D eigenvalue weighted by atomic mass is 9.77. The maximum Gasteiger partial charge on any atom is 0.417 e. The van der Waals surface area contributed by atoms with E-state index in [1.165, 1.54) is 12.1 Å². The number of rotatable bonds is 6.